The number of fused-ring (bicyclic) bond motifs is 5. The molecule has 0 aromatic rings. The third-order valence-corrected chi connectivity index (χ3v) is 6.27. The molecular weight excluding hydrogens is 370 g/mol. The van der Waals surface area contributed by atoms with Crippen LogP contribution < -0.4 is 0 Å². The molecular formula is C15H19Br2NO. The Balaban J connectivity index is 1.79. The molecule has 104 valence electrons. The van der Waals surface area contributed by atoms with Gasteiger partial charge >= 0.3 is 0 Å². The van der Waals surface area contributed by atoms with E-state index >= 15 is 0 Å². The van der Waals surface area contributed by atoms with E-state index in [0.717, 1.165) is 11.0 Å². The van der Waals surface area contributed by atoms with Crippen molar-refractivity contribution in [3.63, 3.8) is 0 Å². The number of nitrogens with zero attached hydrogens (tertiary/aromatic N) is 1. The van der Waals surface area contributed by atoms with Crippen molar-refractivity contribution in [1.82, 2.24) is 3.93 Å². The van der Waals surface area contributed by atoms with Crippen molar-refractivity contribution in [3.8, 4) is 0 Å². The number of halogens is 2. The quantitative estimate of drug-likeness (QED) is 0.394. The normalized spacial score (nSPS) is 35.4. The molecule has 0 aliphatic heterocycles. The number of rotatable bonds is 5. The van der Waals surface area contributed by atoms with E-state index in [-0.39, 0.29) is 5.92 Å². The Morgan fingerprint density at radius 3 is 2.63 bits per heavy atom. The fourth-order valence-electron chi connectivity index (χ4n) is 3.86. The van der Waals surface area contributed by atoms with E-state index in [1.165, 1.54) is 31.4 Å². The number of Topliss-reactive ketones (excluding diaryl/α,β-unsaturated/α-hetero) is 1. The molecule has 0 radical (unpaired) electrons. The van der Waals surface area contributed by atoms with E-state index < -0.39 is 0 Å². The monoisotopic (exact) mass is 387 g/mol. The second-order valence-corrected chi connectivity index (χ2v) is 7.51. The lowest BCUT2D eigenvalue weighted by Gasteiger charge is -2.27. The topological polar surface area (TPSA) is 20.3 Å². The Kier molecular flexibility index (Phi) is 3.91. The summed E-state index contributed by atoms with van der Waals surface area (Å²) in [7, 11) is 0. The summed E-state index contributed by atoms with van der Waals surface area (Å²) in [5, 5.41) is 0. The fourth-order valence-corrected chi connectivity index (χ4v) is 5.51. The van der Waals surface area contributed by atoms with Crippen molar-refractivity contribution < 1.29 is 4.79 Å². The summed E-state index contributed by atoms with van der Waals surface area (Å²) in [5.74, 6) is 1.96. The van der Waals surface area contributed by atoms with Crippen LogP contribution in [0.4, 0.5) is 0 Å². The van der Waals surface area contributed by atoms with Crippen molar-refractivity contribution in [2.75, 3.05) is 6.54 Å². The molecule has 4 atom stereocenters. The van der Waals surface area contributed by atoms with Crippen LogP contribution in [0, 0.1) is 23.7 Å². The number of hydrogen-bond acceptors (Lipinski definition) is 2. The van der Waals surface area contributed by atoms with Gasteiger partial charge in [-0.15, -0.1) is 0 Å². The molecule has 3 rings (SSSR count). The van der Waals surface area contributed by atoms with Gasteiger partial charge in [0.05, 0.1) is 4.48 Å². The van der Waals surface area contributed by atoms with Gasteiger partial charge in [0, 0.05) is 40.2 Å². The zero-order valence-electron chi connectivity index (χ0n) is 11.1. The lowest BCUT2D eigenvalue weighted by atomic mass is 9.84. The first-order chi connectivity index (χ1) is 9.15. The second-order valence-electron chi connectivity index (χ2n) is 5.86. The van der Waals surface area contributed by atoms with Gasteiger partial charge in [0.15, 0.2) is 5.78 Å². The number of carbonyl (C=O) groups excluding carboxylic acids is 1. The predicted molar refractivity (Wildman–Crippen MR) is 83.8 cm³/mol. The Morgan fingerprint density at radius 2 is 1.95 bits per heavy atom. The molecule has 2 bridgehead atoms. The van der Waals surface area contributed by atoms with E-state index in [1.807, 2.05) is 0 Å². The van der Waals surface area contributed by atoms with Crippen LogP contribution in [0.25, 0.3) is 0 Å². The summed E-state index contributed by atoms with van der Waals surface area (Å²) in [6.45, 7) is 3.19. The Hall–Kier alpha value is -0.0900. The molecule has 0 N–H and O–H groups in total. The lowest BCUT2D eigenvalue weighted by Crippen LogP contribution is -2.25. The molecule has 0 saturated heterocycles. The van der Waals surface area contributed by atoms with Gasteiger partial charge in [-0.3, -0.25) is 4.79 Å². The minimum atomic E-state index is 0.200. The molecule has 1 saturated carbocycles. The van der Waals surface area contributed by atoms with Crippen molar-refractivity contribution in [2.45, 2.75) is 32.6 Å². The summed E-state index contributed by atoms with van der Waals surface area (Å²) < 4.78 is 2.96. The Morgan fingerprint density at radius 1 is 1.26 bits per heavy atom. The highest BCUT2D eigenvalue weighted by Gasteiger charge is 2.55. The van der Waals surface area contributed by atoms with Crippen LogP contribution in [0.3, 0.4) is 0 Å². The zero-order chi connectivity index (χ0) is 13.6. The standard InChI is InChI=1S/C15H19Br2NO/c1-2-3-4-7-18(17)14-11-9-5-6-10(8-9)12(11)15(19)13(14)16/h5-6,9-12H,2-4,7-8H2,1H3. The number of carbonyl (C=O) groups is 1. The van der Waals surface area contributed by atoms with Crippen molar-refractivity contribution in [3.05, 3.63) is 22.3 Å². The van der Waals surface area contributed by atoms with Crippen molar-refractivity contribution in [2.24, 2.45) is 23.7 Å². The van der Waals surface area contributed by atoms with Crippen molar-refractivity contribution >= 4 is 37.9 Å². The summed E-state index contributed by atoms with van der Waals surface area (Å²) in [6, 6.07) is 0. The van der Waals surface area contributed by atoms with E-state index in [2.05, 4.69) is 55.1 Å². The van der Waals surface area contributed by atoms with Crippen LogP contribution in [0.15, 0.2) is 22.3 Å². The van der Waals surface area contributed by atoms with Gasteiger partial charge in [-0.2, -0.15) is 0 Å². The van der Waals surface area contributed by atoms with Crippen LogP contribution in [0.5, 0.6) is 0 Å². The molecule has 4 heteroatoms. The van der Waals surface area contributed by atoms with Gasteiger partial charge in [-0.25, -0.2) is 0 Å². The highest BCUT2D eigenvalue weighted by molar-refractivity contribution is 9.12. The predicted octanol–water partition coefficient (Wildman–Crippen LogP) is 4.42. The maximum atomic E-state index is 12.4. The van der Waals surface area contributed by atoms with Gasteiger partial charge in [-0.05, 0) is 40.6 Å². The Labute approximate surface area is 131 Å². The maximum Gasteiger partial charge on any atom is 0.175 e. The minimum absolute atomic E-state index is 0.200. The average Bonchev–Trinajstić information content (AvgIpc) is 3.04. The second kappa shape index (κ2) is 5.36. The average molecular weight is 389 g/mol. The molecule has 0 amide bonds. The smallest absolute Gasteiger partial charge is 0.175 e. The van der Waals surface area contributed by atoms with Gasteiger partial charge < -0.3 is 3.93 Å². The van der Waals surface area contributed by atoms with Crippen LogP contribution in [-0.2, 0) is 4.79 Å². The van der Waals surface area contributed by atoms with E-state index in [1.54, 1.807) is 0 Å². The molecule has 3 aliphatic rings. The van der Waals surface area contributed by atoms with E-state index in [4.69, 9.17) is 0 Å². The van der Waals surface area contributed by atoms with E-state index in [0.29, 0.717) is 23.5 Å². The summed E-state index contributed by atoms with van der Waals surface area (Å²) in [4.78, 5) is 12.4. The third-order valence-electron chi connectivity index (χ3n) is 4.74. The van der Waals surface area contributed by atoms with E-state index in [9.17, 15) is 4.79 Å². The molecule has 0 spiro atoms. The fraction of sp³-hybridized carbons (Fsp3) is 0.667. The molecule has 0 aromatic heterocycles. The number of hydrogen-bond donors (Lipinski definition) is 0. The largest absolute Gasteiger partial charge is 0.311 e. The molecule has 2 nitrogen and oxygen atoms in total. The molecule has 1 fully saturated rings. The molecule has 0 heterocycles. The van der Waals surface area contributed by atoms with Gasteiger partial charge in [0.25, 0.3) is 0 Å². The molecule has 4 unspecified atom stereocenters. The number of allylic oxidation sites excluding steroid dienone is 4. The minimum Gasteiger partial charge on any atom is -0.311 e. The van der Waals surface area contributed by atoms with Crippen LogP contribution in [-0.4, -0.2) is 16.3 Å². The molecule has 19 heavy (non-hydrogen) atoms. The van der Waals surface area contributed by atoms with Crippen LogP contribution in [0.1, 0.15) is 32.6 Å². The third kappa shape index (κ3) is 2.15. The zero-order valence-corrected chi connectivity index (χ0v) is 14.3. The SMILES string of the molecule is CCCCCN(Br)C1=C(Br)C(=O)C2C3C=CC(C3)C12. The maximum absolute atomic E-state index is 12.4. The molecule has 0 aromatic carbocycles. The van der Waals surface area contributed by atoms with Gasteiger partial charge in [0.1, 0.15) is 0 Å². The lowest BCUT2D eigenvalue weighted by molar-refractivity contribution is -0.119. The number of ketones is 1. The summed E-state index contributed by atoms with van der Waals surface area (Å²) >= 11 is 7.23. The van der Waals surface area contributed by atoms with Crippen LogP contribution in [0.2, 0.25) is 0 Å². The first-order valence-electron chi connectivity index (χ1n) is 7.20. The van der Waals surface area contributed by atoms with Gasteiger partial charge in [0.2, 0.25) is 0 Å². The molecule has 3 aliphatic carbocycles. The Bertz CT molecular complexity index is 457. The summed E-state index contributed by atoms with van der Waals surface area (Å²) in [6.07, 6.45) is 9.36. The summed E-state index contributed by atoms with van der Waals surface area (Å²) in [5.41, 5.74) is 1.20. The van der Waals surface area contributed by atoms with Gasteiger partial charge in [-0.1, -0.05) is 31.9 Å². The first-order valence-corrected chi connectivity index (χ1v) is 8.71. The highest BCUT2D eigenvalue weighted by atomic mass is 79.9. The highest BCUT2D eigenvalue weighted by Crippen LogP contribution is 2.57. The first kappa shape index (κ1) is 13.9. The van der Waals surface area contributed by atoms with Crippen molar-refractivity contribution in [1.29, 1.82) is 0 Å². The van der Waals surface area contributed by atoms with Crippen LogP contribution >= 0.6 is 32.1 Å². The number of unbranched alkanes of at least 4 members (excludes halogenated alkanes) is 2.